The maximum absolute atomic E-state index is 5.57. The van der Waals surface area contributed by atoms with Gasteiger partial charge in [0.15, 0.2) is 0 Å². The van der Waals surface area contributed by atoms with E-state index in [1.807, 2.05) is 33.0 Å². The molecule has 0 aliphatic carbocycles. The first-order chi connectivity index (χ1) is 11.7. The van der Waals surface area contributed by atoms with E-state index in [1.54, 1.807) is 7.11 Å². The topological polar surface area (TPSA) is 37.4 Å². The number of methoxy groups -OCH3 is 1. The van der Waals surface area contributed by atoms with Crippen molar-refractivity contribution in [1.82, 2.24) is 10.3 Å². The summed E-state index contributed by atoms with van der Waals surface area (Å²) in [5, 5.41) is 3.33. The number of nitrogens with zero attached hydrogens (tertiary/aromatic N) is 2. The first-order valence-electron chi connectivity index (χ1n) is 9.12. The standard InChI is InChI=1S/C14H19N3O.C4H10.C2H6/c1-4-12-9-13(17-7-5-15-6-8-17)10-16-14(12)11(2)18-3;1-3-4-2;1-2/h1,9-11,15H,5-8H2,2-3H3;3-4H2,1-2H3;1-2H3. The van der Waals surface area contributed by atoms with Gasteiger partial charge in [-0.3, -0.25) is 4.98 Å². The second kappa shape index (κ2) is 13.8. The van der Waals surface area contributed by atoms with E-state index in [1.165, 1.54) is 12.8 Å². The van der Waals surface area contributed by atoms with Gasteiger partial charge in [0.05, 0.1) is 29.2 Å². The molecule has 24 heavy (non-hydrogen) atoms. The van der Waals surface area contributed by atoms with E-state index in [0.29, 0.717) is 0 Å². The fourth-order valence-corrected chi connectivity index (χ4v) is 2.11. The number of piperazine rings is 1. The van der Waals surface area contributed by atoms with Crippen LogP contribution in [0.2, 0.25) is 0 Å². The van der Waals surface area contributed by atoms with Crippen molar-refractivity contribution in [2.24, 2.45) is 0 Å². The summed E-state index contributed by atoms with van der Waals surface area (Å²) >= 11 is 0. The van der Waals surface area contributed by atoms with Crippen molar-refractivity contribution in [2.45, 2.75) is 53.6 Å². The van der Waals surface area contributed by atoms with E-state index in [0.717, 1.165) is 43.1 Å². The molecule has 1 fully saturated rings. The SMILES string of the molecule is C#Cc1cc(N2CCNCC2)cnc1C(C)OC.CC.CCCC. The number of ether oxygens (including phenoxy) is 1. The first-order valence-corrected chi connectivity index (χ1v) is 9.12. The summed E-state index contributed by atoms with van der Waals surface area (Å²) in [7, 11) is 1.66. The summed E-state index contributed by atoms with van der Waals surface area (Å²) in [6.07, 6.45) is 10.0. The molecule has 1 unspecified atom stereocenters. The molecule has 0 saturated carbocycles. The largest absolute Gasteiger partial charge is 0.375 e. The number of unbranched alkanes of at least 4 members (excludes halogenated alkanes) is 1. The van der Waals surface area contributed by atoms with Gasteiger partial charge in [-0.2, -0.15) is 0 Å². The van der Waals surface area contributed by atoms with Crippen LogP contribution in [0.15, 0.2) is 12.3 Å². The predicted molar refractivity (Wildman–Crippen MR) is 105 cm³/mol. The molecule has 2 rings (SSSR count). The van der Waals surface area contributed by atoms with Gasteiger partial charge in [-0.25, -0.2) is 0 Å². The third kappa shape index (κ3) is 7.33. The normalized spacial score (nSPS) is 14.5. The highest BCUT2D eigenvalue weighted by atomic mass is 16.5. The zero-order chi connectivity index (χ0) is 18.4. The van der Waals surface area contributed by atoms with Crippen molar-refractivity contribution in [3.63, 3.8) is 0 Å². The van der Waals surface area contributed by atoms with Crippen LogP contribution in [0, 0.1) is 12.3 Å². The summed E-state index contributed by atoms with van der Waals surface area (Å²) in [4.78, 5) is 6.76. The monoisotopic (exact) mass is 333 g/mol. The summed E-state index contributed by atoms with van der Waals surface area (Å²) < 4.78 is 5.28. The van der Waals surface area contributed by atoms with Gasteiger partial charge in [0.25, 0.3) is 0 Å². The molecule has 1 aliphatic heterocycles. The Bertz CT molecular complexity index is 474. The smallest absolute Gasteiger partial charge is 0.0975 e. The highest BCUT2D eigenvalue weighted by Gasteiger charge is 2.15. The van der Waals surface area contributed by atoms with Gasteiger partial charge >= 0.3 is 0 Å². The van der Waals surface area contributed by atoms with Crippen LogP contribution in [0.25, 0.3) is 0 Å². The van der Waals surface area contributed by atoms with E-state index in [2.05, 4.69) is 35.0 Å². The third-order valence-corrected chi connectivity index (χ3v) is 3.78. The van der Waals surface area contributed by atoms with Crippen molar-refractivity contribution in [3.8, 4) is 12.3 Å². The van der Waals surface area contributed by atoms with Crippen LogP contribution < -0.4 is 10.2 Å². The molecule has 0 amide bonds. The summed E-state index contributed by atoms with van der Waals surface area (Å²) in [6.45, 7) is 14.3. The molecule has 136 valence electrons. The Morgan fingerprint density at radius 1 is 1.29 bits per heavy atom. The Kier molecular flexibility index (Phi) is 12.9. The number of anilines is 1. The van der Waals surface area contributed by atoms with Crippen molar-refractivity contribution < 1.29 is 4.74 Å². The van der Waals surface area contributed by atoms with Crippen LogP contribution in [0.3, 0.4) is 0 Å². The Hall–Kier alpha value is -1.57. The van der Waals surface area contributed by atoms with E-state index >= 15 is 0 Å². The molecule has 0 spiro atoms. The van der Waals surface area contributed by atoms with Crippen LogP contribution >= 0.6 is 0 Å². The lowest BCUT2D eigenvalue weighted by Gasteiger charge is -2.29. The lowest BCUT2D eigenvalue weighted by molar-refractivity contribution is 0.116. The van der Waals surface area contributed by atoms with Crippen molar-refractivity contribution in [2.75, 3.05) is 38.2 Å². The van der Waals surface area contributed by atoms with Crippen LogP contribution in [-0.4, -0.2) is 38.3 Å². The highest BCUT2D eigenvalue weighted by Crippen LogP contribution is 2.22. The fourth-order valence-electron chi connectivity index (χ4n) is 2.11. The minimum atomic E-state index is -0.0758. The van der Waals surface area contributed by atoms with Crippen LogP contribution in [0.5, 0.6) is 0 Å². The first kappa shape index (κ1) is 22.4. The second-order valence-electron chi connectivity index (χ2n) is 5.39. The average Bonchev–Trinajstić information content (AvgIpc) is 2.69. The molecule has 0 aromatic carbocycles. The second-order valence-corrected chi connectivity index (χ2v) is 5.39. The Morgan fingerprint density at radius 3 is 2.33 bits per heavy atom. The molecule has 4 nitrogen and oxygen atoms in total. The Labute approximate surface area is 149 Å². The van der Waals surface area contributed by atoms with Crippen LogP contribution in [-0.2, 0) is 4.74 Å². The molecule has 1 aliphatic rings. The number of pyridine rings is 1. The predicted octanol–water partition coefficient (Wildman–Crippen LogP) is 4.01. The van der Waals surface area contributed by atoms with Gasteiger partial charge in [-0.1, -0.05) is 46.5 Å². The van der Waals surface area contributed by atoms with E-state index < -0.39 is 0 Å². The van der Waals surface area contributed by atoms with Gasteiger partial charge in [-0.05, 0) is 13.0 Å². The minimum absolute atomic E-state index is 0.0758. The molecular formula is C20H35N3O. The zero-order valence-corrected chi connectivity index (χ0v) is 16.4. The van der Waals surface area contributed by atoms with E-state index in [4.69, 9.17) is 11.2 Å². The van der Waals surface area contributed by atoms with Gasteiger partial charge in [-0.15, -0.1) is 6.42 Å². The zero-order valence-electron chi connectivity index (χ0n) is 16.4. The molecule has 0 radical (unpaired) electrons. The highest BCUT2D eigenvalue weighted by molar-refractivity contribution is 5.52. The number of nitrogens with one attached hydrogen (secondary N) is 1. The molecule has 2 heterocycles. The van der Waals surface area contributed by atoms with Crippen LogP contribution in [0.4, 0.5) is 5.69 Å². The molecule has 1 aromatic heterocycles. The lowest BCUT2D eigenvalue weighted by Crippen LogP contribution is -2.43. The maximum Gasteiger partial charge on any atom is 0.0975 e. The van der Waals surface area contributed by atoms with Gasteiger partial charge in [0.2, 0.25) is 0 Å². The molecule has 1 N–H and O–H groups in total. The molecule has 0 bridgehead atoms. The minimum Gasteiger partial charge on any atom is -0.375 e. The molecule has 1 atom stereocenters. The third-order valence-electron chi connectivity index (χ3n) is 3.78. The van der Waals surface area contributed by atoms with Crippen molar-refractivity contribution in [1.29, 1.82) is 0 Å². The quantitative estimate of drug-likeness (QED) is 0.845. The maximum atomic E-state index is 5.57. The average molecular weight is 334 g/mol. The fraction of sp³-hybridized carbons (Fsp3) is 0.650. The van der Waals surface area contributed by atoms with Gasteiger partial charge in [0, 0.05) is 33.3 Å². The number of aromatic nitrogens is 1. The number of terminal acetylenes is 1. The Balaban J connectivity index is 0.000000773. The Morgan fingerprint density at radius 2 is 1.88 bits per heavy atom. The van der Waals surface area contributed by atoms with Crippen LogP contribution in [0.1, 0.15) is 64.8 Å². The van der Waals surface area contributed by atoms with Crippen molar-refractivity contribution in [3.05, 3.63) is 23.5 Å². The van der Waals surface area contributed by atoms with E-state index in [9.17, 15) is 0 Å². The molecular weight excluding hydrogens is 298 g/mol. The number of rotatable bonds is 4. The molecule has 1 saturated heterocycles. The summed E-state index contributed by atoms with van der Waals surface area (Å²) in [6, 6.07) is 2.03. The lowest BCUT2D eigenvalue weighted by atomic mass is 10.1. The molecule has 4 heteroatoms. The van der Waals surface area contributed by atoms with Gasteiger partial charge in [0.1, 0.15) is 0 Å². The summed E-state index contributed by atoms with van der Waals surface area (Å²) in [5.41, 5.74) is 2.75. The number of hydrogen-bond donors (Lipinski definition) is 1. The summed E-state index contributed by atoms with van der Waals surface area (Å²) in [5.74, 6) is 2.71. The number of hydrogen-bond acceptors (Lipinski definition) is 4. The van der Waals surface area contributed by atoms with Crippen molar-refractivity contribution >= 4 is 5.69 Å². The van der Waals surface area contributed by atoms with Gasteiger partial charge < -0.3 is 15.0 Å². The van der Waals surface area contributed by atoms with E-state index in [-0.39, 0.29) is 6.10 Å². The molecule has 1 aromatic rings.